The van der Waals surface area contributed by atoms with Crippen molar-refractivity contribution in [3.8, 4) is 6.07 Å². The summed E-state index contributed by atoms with van der Waals surface area (Å²) in [7, 11) is 0. The fraction of sp³-hybridized carbons (Fsp3) is 0.143. The number of nitrogen functional groups attached to an aromatic ring is 1. The molecule has 0 aliphatic rings. The zero-order chi connectivity index (χ0) is 8.27. The van der Waals surface area contributed by atoms with Crippen molar-refractivity contribution >= 4 is 17.4 Å². The largest absolute Gasteiger partial charge is 0.382 e. The third kappa shape index (κ3) is 1.82. The van der Waals surface area contributed by atoms with Crippen molar-refractivity contribution in [1.82, 2.24) is 4.98 Å². The van der Waals surface area contributed by atoms with Crippen LogP contribution in [0.3, 0.4) is 0 Å². The summed E-state index contributed by atoms with van der Waals surface area (Å²) < 4.78 is 0. The quantitative estimate of drug-likeness (QED) is 0.688. The molecule has 0 atom stereocenters. The van der Waals surface area contributed by atoms with Gasteiger partial charge in [-0.1, -0.05) is 11.6 Å². The van der Waals surface area contributed by atoms with Gasteiger partial charge in [0.15, 0.2) is 0 Å². The lowest BCUT2D eigenvalue weighted by Gasteiger charge is -1.97. The molecule has 0 aliphatic carbocycles. The third-order valence-electron chi connectivity index (χ3n) is 1.19. The maximum Gasteiger partial charge on any atom is 0.142 e. The number of aromatic nitrogens is 1. The number of pyridine rings is 1. The highest BCUT2D eigenvalue weighted by Gasteiger charge is 1.98. The van der Waals surface area contributed by atoms with E-state index < -0.39 is 0 Å². The van der Waals surface area contributed by atoms with E-state index in [0.717, 1.165) is 0 Å². The first-order chi connectivity index (χ1) is 5.24. The van der Waals surface area contributed by atoms with Crippen molar-refractivity contribution in [3.05, 3.63) is 22.8 Å². The van der Waals surface area contributed by atoms with E-state index in [2.05, 4.69) is 4.98 Å². The Labute approximate surface area is 69.4 Å². The Balaban J connectivity index is 2.98. The minimum atomic E-state index is 0.265. The van der Waals surface area contributed by atoms with Gasteiger partial charge >= 0.3 is 0 Å². The van der Waals surface area contributed by atoms with Crippen LogP contribution in [0.2, 0.25) is 5.02 Å². The Morgan fingerprint density at radius 1 is 1.64 bits per heavy atom. The topological polar surface area (TPSA) is 62.7 Å². The maximum absolute atomic E-state index is 8.32. The van der Waals surface area contributed by atoms with Gasteiger partial charge in [-0.3, -0.25) is 0 Å². The van der Waals surface area contributed by atoms with Gasteiger partial charge in [0.1, 0.15) is 5.82 Å². The summed E-state index contributed by atoms with van der Waals surface area (Å²) in [5, 5.41) is 8.74. The zero-order valence-electron chi connectivity index (χ0n) is 5.71. The molecule has 0 radical (unpaired) electrons. The Hall–Kier alpha value is -1.27. The highest BCUT2D eigenvalue weighted by atomic mass is 35.5. The lowest BCUT2D eigenvalue weighted by molar-refractivity contribution is 1.12. The van der Waals surface area contributed by atoms with Crippen LogP contribution in [0.25, 0.3) is 0 Å². The smallest absolute Gasteiger partial charge is 0.142 e. The van der Waals surface area contributed by atoms with E-state index in [1.54, 1.807) is 12.1 Å². The molecule has 0 amide bonds. The van der Waals surface area contributed by atoms with E-state index in [1.807, 2.05) is 6.07 Å². The molecular weight excluding hydrogens is 162 g/mol. The monoisotopic (exact) mass is 167 g/mol. The first kappa shape index (κ1) is 7.83. The summed E-state index contributed by atoms with van der Waals surface area (Å²) >= 11 is 5.61. The molecule has 1 aromatic rings. The number of nitrogens with two attached hydrogens (primary N) is 1. The van der Waals surface area contributed by atoms with Crippen LogP contribution in [0, 0.1) is 11.3 Å². The van der Waals surface area contributed by atoms with Crippen molar-refractivity contribution in [1.29, 1.82) is 5.26 Å². The van der Waals surface area contributed by atoms with Crippen molar-refractivity contribution in [2.45, 2.75) is 6.42 Å². The molecule has 2 N–H and O–H groups in total. The van der Waals surface area contributed by atoms with Gasteiger partial charge in [0.25, 0.3) is 0 Å². The van der Waals surface area contributed by atoms with Crippen LogP contribution in [0.5, 0.6) is 0 Å². The number of rotatable bonds is 1. The van der Waals surface area contributed by atoms with E-state index in [-0.39, 0.29) is 12.2 Å². The van der Waals surface area contributed by atoms with Crippen LogP contribution in [-0.4, -0.2) is 4.98 Å². The first-order valence-corrected chi connectivity index (χ1v) is 3.39. The van der Waals surface area contributed by atoms with Crippen molar-refractivity contribution in [3.63, 3.8) is 0 Å². The molecular formula is C7H6ClN3. The highest BCUT2D eigenvalue weighted by Crippen LogP contribution is 2.15. The van der Waals surface area contributed by atoms with E-state index in [9.17, 15) is 0 Å². The normalized spacial score (nSPS) is 9.09. The van der Waals surface area contributed by atoms with Gasteiger partial charge in [-0.05, 0) is 12.1 Å². The van der Waals surface area contributed by atoms with Gasteiger partial charge in [-0.2, -0.15) is 5.26 Å². The molecule has 0 fully saturated rings. The number of nitrogens with zero attached hydrogens (tertiary/aromatic N) is 2. The molecule has 4 heteroatoms. The molecule has 0 aromatic carbocycles. The fourth-order valence-corrected chi connectivity index (χ4v) is 0.785. The molecule has 56 valence electrons. The van der Waals surface area contributed by atoms with Crippen LogP contribution in [0.1, 0.15) is 5.69 Å². The second-order valence-electron chi connectivity index (χ2n) is 2.00. The predicted molar refractivity (Wildman–Crippen MR) is 43.0 cm³/mol. The van der Waals surface area contributed by atoms with Crippen LogP contribution < -0.4 is 5.73 Å². The Kier molecular flexibility index (Phi) is 2.29. The summed E-state index contributed by atoms with van der Waals surface area (Å²) in [5.41, 5.74) is 6.05. The summed E-state index contributed by atoms with van der Waals surface area (Å²) in [4.78, 5) is 3.89. The summed E-state index contributed by atoms with van der Waals surface area (Å²) in [6, 6.07) is 5.29. The second-order valence-corrected chi connectivity index (χ2v) is 2.41. The molecule has 0 spiro atoms. The number of nitriles is 1. The van der Waals surface area contributed by atoms with Gasteiger partial charge in [0.2, 0.25) is 0 Å². The number of halogens is 1. The standard InChI is InChI=1S/C7H6ClN3/c8-6-2-1-5(3-4-9)11-7(6)10/h1-2H,3H2,(H2,10,11). The Morgan fingerprint density at radius 3 is 2.91 bits per heavy atom. The number of hydrogen-bond donors (Lipinski definition) is 1. The second kappa shape index (κ2) is 3.22. The van der Waals surface area contributed by atoms with Gasteiger partial charge in [0, 0.05) is 0 Å². The van der Waals surface area contributed by atoms with Crippen LogP contribution >= 0.6 is 11.6 Å². The molecule has 1 aromatic heterocycles. The maximum atomic E-state index is 8.32. The lowest BCUT2D eigenvalue weighted by atomic mass is 10.3. The van der Waals surface area contributed by atoms with E-state index in [0.29, 0.717) is 10.7 Å². The van der Waals surface area contributed by atoms with Crippen LogP contribution in [-0.2, 0) is 6.42 Å². The highest BCUT2D eigenvalue weighted by molar-refractivity contribution is 6.32. The number of hydrogen-bond acceptors (Lipinski definition) is 3. The molecule has 0 aliphatic heterocycles. The molecule has 0 saturated carbocycles. The lowest BCUT2D eigenvalue weighted by Crippen LogP contribution is -1.95. The molecule has 0 bridgehead atoms. The zero-order valence-corrected chi connectivity index (χ0v) is 6.47. The molecule has 1 rings (SSSR count). The average molecular weight is 168 g/mol. The van der Waals surface area contributed by atoms with Gasteiger partial charge in [-0.25, -0.2) is 4.98 Å². The van der Waals surface area contributed by atoms with Gasteiger partial charge in [-0.15, -0.1) is 0 Å². The minimum Gasteiger partial charge on any atom is -0.382 e. The average Bonchev–Trinajstić information content (AvgIpc) is 1.98. The molecule has 3 nitrogen and oxygen atoms in total. The van der Waals surface area contributed by atoms with Gasteiger partial charge < -0.3 is 5.73 Å². The van der Waals surface area contributed by atoms with Crippen molar-refractivity contribution in [2.75, 3.05) is 5.73 Å². The summed E-state index contributed by atoms with van der Waals surface area (Å²) in [6.45, 7) is 0. The van der Waals surface area contributed by atoms with Crippen molar-refractivity contribution < 1.29 is 0 Å². The molecule has 0 saturated heterocycles. The van der Waals surface area contributed by atoms with E-state index in [4.69, 9.17) is 22.6 Å². The van der Waals surface area contributed by atoms with Crippen LogP contribution in [0.15, 0.2) is 12.1 Å². The summed E-state index contributed by atoms with van der Waals surface area (Å²) in [6.07, 6.45) is 0.265. The Bertz CT molecular complexity index is 303. The molecule has 0 unspecified atom stereocenters. The molecule has 1 heterocycles. The van der Waals surface area contributed by atoms with Gasteiger partial charge in [0.05, 0.1) is 23.2 Å². The SMILES string of the molecule is N#CCc1ccc(Cl)c(N)n1. The first-order valence-electron chi connectivity index (χ1n) is 3.02. The Morgan fingerprint density at radius 2 is 2.36 bits per heavy atom. The predicted octanol–water partition coefficient (Wildman–Crippen LogP) is 1.38. The van der Waals surface area contributed by atoms with E-state index in [1.165, 1.54) is 0 Å². The van der Waals surface area contributed by atoms with Crippen molar-refractivity contribution in [2.24, 2.45) is 0 Å². The number of anilines is 1. The van der Waals surface area contributed by atoms with Crippen LogP contribution in [0.4, 0.5) is 5.82 Å². The summed E-state index contributed by atoms with van der Waals surface area (Å²) in [5.74, 6) is 0.277. The fourth-order valence-electron chi connectivity index (χ4n) is 0.680. The van der Waals surface area contributed by atoms with E-state index >= 15 is 0 Å². The third-order valence-corrected chi connectivity index (χ3v) is 1.51. The minimum absolute atomic E-state index is 0.265. The molecule has 11 heavy (non-hydrogen) atoms.